The molecule has 0 aliphatic carbocycles. The molecule has 0 spiro atoms. The molecule has 3 N–H and O–H groups in total. The van der Waals surface area contributed by atoms with E-state index in [2.05, 4.69) is 10.5 Å². The van der Waals surface area contributed by atoms with Gasteiger partial charge in [0.1, 0.15) is 0 Å². The number of nitrogens with two attached hydrogens (primary N) is 1. The topological polar surface area (TPSA) is 77.2 Å². The summed E-state index contributed by atoms with van der Waals surface area (Å²) in [6.07, 6.45) is 1.56. The van der Waals surface area contributed by atoms with Crippen molar-refractivity contribution in [2.75, 3.05) is 6.61 Å². The van der Waals surface area contributed by atoms with Crippen LogP contribution in [0.4, 0.5) is 0 Å². The van der Waals surface area contributed by atoms with Crippen molar-refractivity contribution >= 4 is 5.91 Å². The first-order chi connectivity index (χ1) is 7.63. The predicted octanol–water partition coefficient (Wildman–Crippen LogP) is 0.858. The number of amides is 1. The van der Waals surface area contributed by atoms with Crippen molar-refractivity contribution in [2.24, 2.45) is 11.7 Å². The molecule has 1 aromatic rings. The van der Waals surface area contributed by atoms with Crippen molar-refractivity contribution < 1.29 is 9.63 Å². The fraction of sp³-hybridized carbons (Fsp3) is 0.455. The van der Waals surface area contributed by atoms with Gasteiger partial charge in [0, 0.05) is 18.3 Å². The largest absolute Gasteiger partial charge is 0.325 e. The standard InChI is InChI=1S/C11H17N3O2/c1-8(2)7-16-14-11(15)9-3-4-13-10(5-9)6-12/h3-5,8H,6-7,12H2,1-2H3,(H,14,15). The highest BCUT2D eigenvalue weighted by Gasteiger charge is 2.06. The Kier molecular flexibility index (Phi) is 4.88. The molecule has 5 nitrogen and oxygen atoms in total. The Morgan fingerprint density at radius 2 is 2.38 bits per heavy atom. The summed E-state index contributed by atoms with van der Waals surface area (Å²) in [6, 6.07) is 3.27. The fourth-order valence-corrected chi connectivity index (χ4v) is 1.06. The monoisotopic (exact) mass is 223 g/mol. The summed E-state index contributed by atoms with van der Waals surface area (Å²) < 4.78 is 0. The zero-order valence-corrected chi connectivity index (χ0v) is 9.56. The van der Waals surface area contributed by atoms with Gasteiger partial charge in [-0.3, -0.25) is 14.6 Å². The molecule has 0 atom stereocenters. The molecule has 1 rings (SSSR count). The van der Waals surface area contributed by atoms with Gasteiger partial charge in [-0.05, 0) is 18.1 Å². The molecule has 0 bridgehead atoms. The molecule has 1 aromatic heterocycles. The summed E-state index contributed by atoms with van der Waals surface area (Å²) >= 11 is 0. The van der Waals surface area contributed by atoms with Crippen LogP contribution in [0, 0.1) is 5.92 Å². The van der Waals surface area contributed by atoms with Crippen molar-refractivity contribution in [3.8, 4) is 0 Å². The van der Waals surface area contributed by atoms with Gasteiger partial charge in [0.25, 0.3) is 5.91 Å². The number of carbonyl (C=O) groups is 1. The van der Waals surface area contributed by atoms with Gasteiger partial charge in [-0.15, -0.1) is 0 Å². The molecule has 0 aliphatic heterocycles. The molecule has 1 amide bonds. The van der Waals surface area contributed by atoms with Gasteiger partial charge in [0.15, 0.2) is 0 Å². The van der Waals surface area contributed by atoms with Crippen molar-refractivity contribution in [1.82, 2.24) is 10.5 Å². The minimum Gasteiger partial charge on any atom is -0.325 e. The minimum absolute atomic E-state index is 0.280. The third-order valence-corrected chi connectivity index (χ3v) is 1.87. The molecule has 88 valence electrons. The summed E-state index contributed by atoms with van der Waals surface area (Å²) in [5.74, 6) is 0.0927. The first kappa shape index (κ1) is 12.6. The van der Waals surface area contributed by atoms with Crippen LogP contribution in [0.3, 0.4) is 0 Å². The summed E-state index contributed by atoms with van der Waals surface area (Å²) in [5.41, 5.74) is 8.98. The number of hydrogen-bond acceptors (Lipinski definition) is 4. The number of pyridine rings is 1. The molecular weight excluding hydrogens is 206 g/mol. The Hall–Kier alpha value is -1.46. The van der Waals surface area contributed by atoms with Crippen molar-refractivity contribution in [1.29, 1.82) is 0 Å². The van der Waals surface area contributed by atoms with Crippen LogP contribution >= 0.6 is 0 Å². The van der Waals surface area contributed by atoms with E-state index in [4.69, 9.17) is 10.6 Å². The van der Waals surface area contributed by atoms with Crippen molar-refractivity contribution in [3.05, 3.63) is 29.6 Å². The average Bonchev–Trinajstić information content (AvgIpc) is 2.28. The van der Waals surface area contributed by atoms with E-state index in [1.165, 1.54) is 0 Å². The highest BCUT2D eigenvalue weighted by molar-refractivity contribution is 5.93. The van der Waals surface area contributed by atoms with E-state index in [1.807, 2.05) is 13.8 Å². The van der Waals surface area contributed by atoms with Gasteiger partial charge in [0.05, 0.1) is 12.3 Å². The molecule has 0 fully saturated rings. The van der Waals surface area contributed by atoms with Gasteiger partial charge >= 0.3 is 0 Å². The molecular formula is C11H17N3O2. The number of nitrogens with one attached hydrogen (secondary N) is 1. The van der Waals surface area contributed by atoms with Crippen molar-refractivity contribution in [2.45, 2.75) is 20.4 Å². The first-order valence-corrected chi connectivity index (χ1v) is 5.20. The summed E-state index contributed by atoms with van der Waals surface area (Å²) in [6.45, 7) is 4.81. The van der Waals surface area contributed by atoms with Crippen LogP contribution in [-0.4, -0.2) is 17.5 Å². The summed E-state index contributed by atoms with van der Waals surface area (Å²) in [7, 11) is 0. The lowest BCUT2D eigenvalue weighted by atomic mass is 10.2. The van der Waals surface area contributed by atoms with Gasteiger partial charge < -0.3 is 5.73 Å². The van der Waals surface area contributed by atoms with Crippen molar-refractivity contribution in [3.63, 3.8) is 0 Å². The minimum atomic E-state index is -0.280. The van der Waals surface area contributed by atoms with Gasteiger partial charge in [0.2, 0.25) is 0 Å². The molecule has 0 aliphatic rings. The second-order valence-corrected chi connectivity index (χ2v) is 3.88. The van der Waals surface area contributed by atoms with E-state index in [0.717, 1.165) is 0 Å². The molecule has 5 heteroatoms. The lowest BCUT2D eigenvalue weighted by molar-refractivity contribution is 0.0208. The van der Waals surface area contributed by atoms with Crippen LogP contribution in [0.1, 0.15) is 29.9 Å². The van der Waals surface area contributed by atoms with E-state index in [-0.39, 0.29) is 5.91 Å². The van der Waals surface area contributed by atoms with Crippen LogP contribution in [-0.2, 0) is 11.4 Å². The number of carbonyl (C=O) groups excluding carboxylic acids is 1. The Morgan fingerprint density at radius 1 is 1.62 bits per heavy atom. The number of aromatic nitrogens is 1. The van der Waals surface area contributed by atoms with E-state index >= 15 is 0 Å². The van der Waals surface area contributed by atoms with Gasteiger partial charge in [-0.25, -0.2) is 5.48 Å². The second kappa shape index (κ2) is 6.19. The van der Waals surface area contributed by atoms with Gasteiger partial charge in [-0.1, -0.05) is 13.8 Å². The third-order valence-electron chi connectivity index (χ3n) is 1.87. The fourth-order valence-electron chi connectivity index (χ4n) is 1.06. The maximum atomic E-state index is 11.6. The Labute approximate surface area is 95.0 Å². The molecule has 0 unspecified atom stereocenters. The maximum absolute atomic E-state index is 11.6. The van der Waals surface area contributed by atoms with E-state index in [1.54, 1.807) is 18.3 Å². The number of nitrogens with zero attached hydrogens (tertiary/aromatic N) is 1. The Morgan fingerprint density at radius 3 is 3.00 bits per heavy atom. The Balaban J connectivity index is 2.52. The molecule has 0 radical (unpaired) electrons. The molecule has 1 heterocycles. The van der Waals surface area contributed by atoms with Crippen LogP contribution < -0.4 is 11.2 Å². The highest BCUT2D eigenvalue weighted by Crippen LogP contribution is 2.01. The molecule has 16 heavy (non-hydrogen) atoms. The van der Waals surface area contributed by atoms with E-state index < -0.39 is 0 Å². The van der Waals surface area contributed by atoms with E-state index in [9.17, 15) is 4.79 Å². The zero-order chi connectivity index (χ0) is 12.0. The Bertz CT molecular complexity index is 353. The molecule has 0 saturated heterocycles. The smallest absolute Gasteiger partial charge is 0.274 e. The molecule has 0 aromatic carbocycles. The summed E-state index contributed by atoms with van der Waals surface area (Å²) in [4.78, 5) is 20.6. The maximum Gasteiger partial charge on any atom is 0.274 e. The van der Waals surface area contributed by atoms with E-state index in [0.29, 0.717) is 30.3 Å². The van der Waals surface area contributed by atoms with Crippen LogP contribution in [0.2, 0.25) is 0 Å². The average molecular weight is 223 g/mol. The number of hydroxylamine groups is 1. The van der Waals surface area contributed by atoms with Crippen LogP contribution in [0.15, 0.2) is 18.3 Å². The van der Waals surface area contributed by atoms with Crippen LogP contribution in [0.25, 0.3) is 0 Å². The highest BCUT2D eigenvalue weighted by atomic mass is 16.6. The predicted molar refractivity (Wildman–Crippen MR) is 60.4 cm³/mol. The van der Waals surface area contributed by atoms with Gasteiger partial charge in [-0.2, -0.15) is 0 Å². The number of hydrogen-bond donors (Lipinski definition) is 2. The second-order valence-electron chi connectivity index (χ2n) is 3.88. The lowest BCUT2D eigenvalue weighted by Crippen LogP contribution is -2.25. The third kappa shape index (κ3) is 3.96. The van der Waals surface area contributed by atoms with Crippen LogP contribution in [0.5, 0.6) is 0 Å². The molecule has 0 saturated carbocycles. The summed E-state index contributed by atoms with van der Waals surface area (Å²) in [5, 5.41) is 0. The first-order valence-electron chi connectivity index (χ1n) is 5.20. The lowest BCUT2D eigenvalue weighted by Gasteiger charge is -2.08. The zero-order valence-electron chi connectivity index (χ0n) is 9.56. The normalized spacial score (nSPS) is 10.5. The quantitative estimate of drug-likeness (QED) is 0.726. The number of rotatable bonds is 5. The SMILES string of the molecule is CC(C)CONC(=O)c1ccnc(CN)c1.